The molecule has 0 saturated heterocycles. The van der Waals surface area contributed by atoms with Gasteiger partial charge in [0.2, 0.25) is 0 Å². The second-order valence-corrected chi connectivity index (χ2v) is 6.35. The van der Waals surface area contributed by atoms with E-state index >= 15 is 0 Å². The molecule has 0 radical (unpaired) electrons. The molecule has 0 saturated carbocycles. The van der Waals surface area contributed by atoms with E-state index in [9.17, 15) is 9.59 Å². The molecule has 7 nitrogen and oxygen atoms in total. The number of benzene rings is 3. The topological polar surface area (TPSA) is 86.2 Å². The number of hydrogen-bond acceptors (Lipinski definition) is 6. The van der Waals surface area contributed by atoms with E-state index < -0.39 is 5.97 Å². The Balaban J connectivity index is 1.58. The Bertz CT molecular complexity index is 1060. The average molecular weight is 418 g/mol. The van der Waals surface area contributed by atoms with Gasteiger partial charge in [-0.15, -0.1) is 0 Å². The molecular weight excluding hydrogens is 396 g/mol. The Kier molecular flexibility index (Phi) is 7.37. The molecule has 0 aliphatic heterocycles. The van der Waals surface area contributed by atoms with Gasteiger partial charge in [0.05, 0.1) is 25.5 Å². The third-order valence-electron chi connectivity index (χ3n) is 4.20. The Morgan fingerprint density at radius 2 is 1.58 bits per heavy atom. The number of rotatable bonds is 8. The second-order valence-electron chi connectivity index (χ2n) is 6.35. The van der Waals surface area contributed by atoms with Gasteiger partial charge in [-0.3, -0.25) is 4.79 Å². The number of carbonyl (C=O) groups excluding carboxylic acids is 2. The maximum Gasteiger partial charge on any atom is 0.343 e. The van der Waals surface area contributed by atoms with Crippen LogP contribution in [0.2, 0.25) is 0 Å². The van der Waals surface area contributed by atoms with Crippen molar-refractivity contribution in [2.45, 2.75) is 6.92 Å². The van der Waals surface area contributed by atoms with Gasteiger partial charge in [-0.2, -0.15) is 5.10 Å². The molecule has 0 aliphatic rings. The molecule has 3 rings (SSSR count). The normalized spacial score (nSPS) is 10.5. The van der Waals surface area contributed by atoms with E-state index in [2.05, 4.69) is 10.5 Å². The fourth-order valence-electron chi connectivity index (χ4n) is 2.65. The molecule has 7 heteroatoms. The Labute approximate surface area is 180 Å². The van der Waals surface area contributed by atoms with Gasteiger partial charge < -0.3 is 14.2 Å². The molecule has 1 amide bonds. The third-order valence-corrected chi connectivity index (χ3v) is 4.20. The van der Waals surface area contributed by atoms with Crippen LogP contribution in [0.3, 0.4) is 0 Å². The lowest BCUT2D eigenvalue weighted by molar-refractivity contribution is 0.0734. The van der Waals surface area contributed by atoms with Gasteiger partial charge in [-0.05, 0) is 73.2 Å². The van der Waals surface area contributed by atoms with Crippen LogP contribution in [0, 0.1) is 0 Å². The van der Waals surface area contributed by atoms with E-state index in [1.54, 1.807) is 79.9 Å². The van der Waals surface area contributed by atoms with Crippen molar-refractivity contribution in [1.29, 1.82) is 0 Å². The molecule has 0 bridgehead atoms. The van der Waals surface area contributed by atoms with Crippen LogP contribution >= 0.6 is 0 Å². The van der Waals surface area contributed by atoms with E-state index in [1.165, 1.54) is 6.21 Å². The second kappa shape index (κ2) is 10.6. The molecule has 0 fully saturated rings. The summed E-state index contributed by atoms with van der Waals surface area (Å²) in [5.74, 6) is 0.884. The zero-order chi connectivity index (χ0) is 22.1. The largest absolute Gasteiger partial charge is 0.497 e. The summed E-state index contributed by atoms with van der Waals surface area (Å²) in [5.41, 5.74) is 3.99. The molecule has 158 valence electrons. The van der Waals surface area contributed by atoms with E-state index in [-0.39, 0.29) is 5.91 Å². The summed E-state index contributed by atoms with van der Waals surface area (Å²) in [6.07, 6.45) is 1.47. The zero-order valence-electron chi connectivity index (χ0n) is 17.2. The smallest absolute Gasteiger partial charge is 0.343 e. The quantitative estimate of drug-likeness (QED) is 0.258. The zero-order valence-corrected chi connectivity index (χ0v) is 17.2. The number of hydrogen-bond donors (Lipinski definition) is 1. The summed E-state index contributed by atoms with van der Waals surface area (Å²) in [7, 11) is 1.56. The molecular formula is C24H22N2O5. The summed E-state index contributed by atoms with van der Waals surface area (Å²) < 4.78 is 15.8. The van der Waals surface area contributed by atoms with Crippen molar-refractivity contribution >= 4 is 18.1 Å². The van der Waals surface area contributed by atoms with Crippen molar-refractivity contribution in [3.63, 3.8) is 0 Å². The molecule has 3 aromatic rings. The number of nitrogens with one attached hydrogen (secondary N) is 1. The minimum atomic E-state index is -0.486. The van der Waals surface area contributed by atoms with Crippen molar-refractivity contribution in [1.82, 2.24) is 5.43 Å². The van der Waals surface area contributed by atoms with E-state index in [0.29, 0.717) is 40.5 Å². The molecule has 1 N–H and O–H groups in total. The van der Waals surface area contributed by atoms with Crippen molar-refractivity contribution in [2.75, 3.05) is 13.7 Å². The van der Waals surface area contributed by atoms with Gasteiger partial charge in [0, 0.05) is 5.56 Å². The van der Waals surface area contributed by atoms with Gasteiger partial charge in [-0.25, -0.2) is 10.2 Å². The highest BCUT2D eigenvalue weighted by molar-refractivity contribution is 5.95. The number of nitrogens with zero attached hydrogens (tertiary/aromatic N) is 1. The maximum absolute atomic E-state index is 12.3. The number of esters is 1. The molecule has 0 aromatic heterocycles. The Hall–Kier alpha value is -4.13. The highest BCUT2D eigenvalue weighted by Gasteiger charge is 2.09. The SMILES string of the molecule is CCOc1ccc(C(=O)NN=Cc2cccc(OC(=O)c3ccc(OC)cc3)c2)cc1. The lowest BCUT2D eigenvalue weighted by atomic mass is 10.2. The Morgan fingerprint density at radius 3 is 2.26 bits per heavy atom. The van der Waals surface area contributed by atoms with E-state index in [1.807, 2.05) is 6.92 Å². The number of ether oxygens (including phenoxy) is 3. The summed E-state index contributed by atoms with van der Waals surface area (Å²) in [5, 5.41) is 3.96. The van der Waals surface area contributed by atoms with Gasteiger partial charge in [0.15, 0.2) is 0 Å². The van der Waals surface area contributed by atoms with Crippen LogP contribution in [0.4, 0.5) is 0 Å². The number of methoxy groups -OCH3 is 1. The molecule has 0 atom stereocenters. The Morgan fingerprint density at radius 1 is 0.903 bits per heavy atom. The van der Waals surface area contributed by atoms with Crippen LogP contribution in [0.25, 0.3) is 0 Å². The first-order valence-corrected chi connectivity index (χ1v) is 9.61. The summed E-state index contributed by atoms with van der Waals surface area (Å²) in [6, 6.07) is 20.2. The molecule has 31 heavy (non-hydrogen) atoms. The van der Waals surface area contributed by atoms with Crippen LogP contribution in [0.1, 0.15) is 33.2 Å². The highest BCUT2D eigenvalue weighted by atomic mass is 16.5. The summed E-state index contributed by atoms with van der Waals surface area (Å²) >= 11 is 0. The van der Waals surface area contributed by atoms with E-state index in [4.69, 9.17) is 14.2 Å². The van der Waals surface area contributed by atoms with E-state index in [0.717, 1.165) is 0 Å². The van der Waals surface area contributed by atoms with Crippen molar-refractivity contribution < 1.29 is 23.8 Å². The average Bonchev–Trinajstić information content (AvgIpc) is 2.80. The van der Waals surface area contributed by atoms with Crippen molar-refractivity contribution in [3.05, 3.63) is 89.5 Å². The first kappa shape index (κ1) is 21.6. The molecule has 0 heterocycles. The minimum Gasteiger partial charge on any atom is -0.497 e. The van der Waals surface area contributed by atoms with Crippen LogP contribution < -0.4 is 19.6 Å². The fraction of sp³-hybridized carbons (Fsp3) is 0.125. The lowest BCUT2D eigenvalue weighted by Gasteiger charge is -2.06. The lowest BCUT2D eigenvalue weighted by Crippen LogP contribution is -2.17. The van der Waals surface area contributed by atoms with Crippen LogP contribution in [-0.2, 0) is 0 Å². The van der Waals surface area contributed by atoms with Crippen molar-refractivity contribution in [2.24, 2.45) is 5.10 Å². The van der Waals surface area contributed by atoms with Crippen LogP contribution in [0.15, 0.2) is 77.9 Å². The highest BCUT2D eigenvalue weighted by Crippen LogP contribution is 2.17. The van der Waals surface area contributed by atoms with Crippen molar-refractivity contribution in [3.8, 4) is 17.2 Å². The van der Waals surface area contributed by atoms with Crippen LogP contribution in [0.5, 0.6) is 17.2 Å². The third kappa shape index (κ3) is 6.17. The van der Waals surface area contributed by atoms with Gasteiger partial charge in [0.1, 0.15) is 17.2 Å². The van der Waals surface area contributed by atoms with Gasteiger partial charge in [0.25, 0.3) is 5.91 Å². The summed E-state index contributed by atoms with van der Waals surface area (Å²) in [6.45, 7) is 2.45. The van der Waals surface area contributed by atoms with Crippen LogP contribution in [-0.4, -0.2) is 31.8 Å². The first-order valence-electron chi connectivity index (χ1n) is 9.61. The standard InChI is InChI=1S/C24H22N2O5/c1-3-30-21-13-7-18(8-14-21)23(27)26-25-16-17-5-4-6-22(15-17)31-24(28)19-9-11-20(29-2)12-10-19/h4-16H,3H2,1-2H3,(H,26,27). The van der Waals surface area contributed by atoms with Gasteiger partial charge >= 0.3 is 5.97 Å². The fourth-order valence-corrected chi connectivity index (χ4v) is 2.65. The minimum absolute atomic E-state index is 0.346. The maximum atomic E-state index is 12.3. The monoisotopic (exact) mass is 418 g/mol. The molecule has 0 spiro atoms. The summed E-state index contributed by atoms with van der Waals surface area (Å²) in [4.78, 5) is 24.5. The number of carbonyl (C=O) groups is 2. The number of amides is 1. The molecule has 3 aromatic carbocycles. The predicted octanol–water partition coefficient (Wildman–Crippen LogP) is 4.08. The molecule has 0 aliphatic carbocycles. The van der Waals surface area contributed by atoms with Gasteiger partial charge in [-0.1, -0.05) is 12.1 Å². The predicted molar refractivity (Wildman–Crippen MR) is 117 cm³/mol. The number of hydrazone groups is 1. The molecule has 0 unspecified atom stereocenters. The first-order chi connectivity index (χ1) is 15.1.